The molecule has 4 aromatic rings. The average Bonchev–Trinajstić information content (AvgIpc) is 3.11. The van der Waals surface area contributed by atoms with E-state index in [2.05, 4.69) is 31.5 Å². The number of pyridine rings is 2. The number of fused-ring (bicyclic) bond motifs is 1. The molecular weight excluding hydrogens is 350 g/mol. The number of aromatic nitrogens is 4. The zero-order valence-electron chi connectivity index (χ0n) is 15.8. The van der Waals surface area contributed by atoms with E-state index >= 15 is 0 Å². The van der Waals surface area contributed by atoms with E-state index in [0.717, 1.165) is 33.3 Å². The molecule has 28 heavy (non-hydrogen) atoms. The first-order valence-electron chi connectivity index (χ1n) is 9.24. The molecule has 0 radical (unpaired) electrons. The molecule has 4 rings (SSSR count). The third kappa shape index (κ3) is 3.76. The standard InChI is InChI=1S/C22H21N5O/c1-14(2)8-21(28)25-18-9-17(12-24-13-18)15-5-6-20-19(10-15)22(27-26-20)16-4-3-7-23-11-16/h3-7,9-14H,8H2,1-2H3,(H,25,28)(H,26,27). The van der Waals surface area contributed by atoms with Gasteiger partial charge < -0.3 is 5.32 Å². The van der Waals surface area contributed by atoms with Crippen molar-refractivity contribution < 1.29 is 4.79 Å². The Bertz CT molecular complexity index is 1120. The van der Waals surface area contributed by atoms with E-state index in [1.807, 2.05) is 44.2 Å². The molecule has 0 spiro atoms. The van der Waals surface area contributed by atoms with E-state index in [1.54, 1.807) is 24.8 Å². The molecule has 0 atom stereocenters. The maximum Gasteiger partial charge on any atom is 0.224 e. The van der Waals surface area contributed by atoms with Crippen LogP contribution in [0.15, 0.2) is 61.2 Å². The van der Waals surface area contributed by atoms with Crippen molar-refractivity contribution >= 4 is 22.5 Å². The summed E-state index contributed by atoms with van der Waals surface area (Å²) in [5, 5.41) is 11.5. The summed E-state index contributed by atoms with van der Waals surface area (Å²) in [6.45, 7) is 4.04. The lowest BCUT2D eigenvalue weighted by Gasteiger charge is -2.09. The second-order valence-electron chi connectivity index (χ2n) is 7.18. The monoisotopic (exact) mass is 371 g/mol. The number of amides is 1. The maximum atomic E-state index is 12.1. The number of benzene rings is 1. The Hall–Kier alpha value is -3.54. The van der Waals surface area contributed by atoms with Crippen LogP contribution in [-0.4, -0.2) is 26.1 Å². The highest BCUT2D eigenvalue weighted by atomic mass is 16.1. The zero-order valence-corrected chi connectivity index (χ0v) is 15.8. The number of H-pyrrole nitrogens is 1. The summed E-state index contributed by atoms with van der Waals surface area (Å²) < 4.78 is 0. The molecular formula is C22H21N5O. The number of nitrogens with one attached hydrogen (secondary N) is 2. The highest BCUT2D eigenvalue weighted by Gasteiger charge is 2.11. The molecule has 0 aliphatic heterocycles. The normalized spacial score (nSPS) is 11.1. The predicted molar refractivity (Wildman–Crippen MR) is 111 cm³/mol. The van der Waals surface area contributed by atoms with Crippen molar-refractivity contribution in [2.75, 3.05) is 5.32 Å². The van der Waals surface area contributed by atoms with Gasteiger partial charge in [0.25, 0.3) is 0 Å². The predicted octanol–water partition coefficient (Wildman–Crippen LogP) is 4.67. The quantitative estimate of drug-likeness (QED) is 0.534. The van der Waals surface area contributed by atoms with Gasteiger partial charge in [-0.15, -0.1) is 0 Å². The van der Waals surface area contributed by atoms with Crippen molar-refractivity contribution in [2.45, 2.75) is 20.3 Å². The third-order valence-corrected chi connectivity index (χ3v) is 4.45. The van der Waals surface area contributed by atoms with Crippen molar-refractivity contribution in [1.82, 2.24) is 20.2 Å². The summed E-state index contributed by atoms with van der Waals surface area (Å²) in [6, 6.07) is 11.9. The molecule has 6 heteroatoms. The van der Waals surface area contributed by atoms with Gasteiger partial charge in [0, 0.05) is 41.5 Å². The summed E-state index contributed by atoms with van der Waals surface area (Å²) in [5.74, 6) is 0.309. The Morgan fingerprint density at radius 1 is 1.04 bits per heavy atom. The summed E-state index contributed by atoms with van der Waals surface area (Å²) >= 11 is 0. The second kappa shape index (κ2) is 7.60. The molecule has 0 bridgehead atoms. The Labute approximate surface area is 163 Å². The van der Waals surface area contributed by atoms with Crippen molar-refractivity contribution in [3.8, 4) is 22.4 Å². The second-order valence-corrected chi connectivity index (χ2v) is 7.18. The first kappa shape index (κ1) is 17.9. The molecule has 1 aromatic carbocycles. The lowest BCUT2D eigenvalue weighted by molar-refractivity contribution is -0.116. The number of carbonyl (C=O) groups excluding carboxylic acids is 1. The summed E-state index contributed by atoms with van der Waals surface area (Å²) in [7, 11) is 0. The van der Waals surface area contributed by atoms with Gasteiger partial charge in [-0.1, -0.05) is 19.9 Å². The summed E-state index contributed by atoms with van der Waals surface area (Å²) in [6.07, 6.45) is 7.49. The average molecular weight is 371 g/mol. The van der Waals surface area contributed by atoms with Crippen LogP contribution in [0.2, 0.25) is 0 Å². The lowest BCUT2D eigenvalue weighted by Crippen LogP contribution is -2.13. The van der Waals surface area contributed by atoms with E-state index in [4.69, 9.17) is 0 Å². The molecule has 3 aromatic heterocycles. The first-order chi connectivity index (χ1) is 13.6. The van der Waals surface area contributed by atoms with Gasteiger partial charge in [-0.25, -0.2) is 0 Å². The van der Waals surface area contributed by atoms with Gasteiger partial charge in [0.15, 0.2) is 0 Å². The number of hydrogen-bond acceptors (Lipinski definition) is 4. The molecule has 3 heterocycles. The fraction of sp³-hybridized carbons (Fsp3) is 0.182. The number of aromatic amines is 1. The Balaban J connectivity index is 1.68. The third-order valence-electron chi connectivity index (χ3n) is 4.45. The van der Waals surface area contributed by atoms with Crippen LogP contribution in [0.1, 0.15) is 20.3 Å². The highest BCUT2D eigenvalue weighted by molar-refractivity contribution is 5.96. The van der Waals surface area contributed by atoms with Gasteiger partial charge in [0.2, 0.25) is 5.91 Å². The number of hydrogen-bond donors (Lipinski definition) is 2. The smallest absolute Gasteiger partial charge is 0.224 e. The largest absolute Gasteiger partial charge is 0.325 e. The van der Waals surface area contributed by atoms with E-state index in [0.29, 0.717) is 18.0 Å². The summed E-state index contributed by atoms with van der Waals surface area (Å²) in [4.78, 5) is 20.5. The van der Waals surface area contributed by atoms with Gasteiger partial charge in [-0.05, 0) is 41.8 Å². The van der Waals surface area contributed by atoms with Gasteiger partial charge in [0.05, 0.1) is 17.4 Å². The molecule has 0 saturated heterocycles. The SMILES string of the molecule is CC(C)CC(=O)Nc1cncc(-c2ccc3[nH]nc(-c4cccnc4)c3c2)c1. The Morgan fingerprint density at radius 2 is 1.89 bits per heavy atom. The minimum absolute atomic E-state index is 0.00176. The topological polar surface area (TPSA) is 83.6 Å². The van der Waals surface area contributed by atoms with Crippen LogP contribution in [0.25, 0.3) is 33.3 Å². The van der Waals surface area contributed by atoms with Crippen LogP contribution in [0, 0.1) is 5.92 Å². The lowest BCUT2D eigenvalue weighted by atomic mass is 10.0. The van der Waals surface area contributed by atoms with E-state index in [1.165, 1.54) is 0 Å². The maximum absolute atomic E-state index is 12.1. The number of rotatable bonds is 5. The minimum Gasteiger partial charge on any atom is -0.325 e. The van der Waals surface area contributed by atoms with Crippen molar-refractivity contribution in [1.29, 1.82) is 0 Å². The van der Waals surface area contributed by atoms with Gasteiger partial charge in [-0.2, -0.15) is 5.10 Å². The zero-order chi connectivity index (χ0) is 19.5. The Kier molecular flexibility index (Phi) is 4.85. The first-order valence-corrected chi connectivity index (χ1v) is 9.24. The van der Waals surface area contributed by atoms with Gasteiger partial charge in [0.1, 0.15) is 5.69 Å². The molecule has 0 fully saturated rings. The molecule has 0 aliphatic carbocycles. The van der Waals surface area contributed by atoms with Gasteiger partial charge >= 0.3 is 0 Å². The van der Waals surface area contributed by atoms with Crippen LogP contribution in [-0.2, 0) is 4.79 Å². The molecule has 0 aliphatic rings. The van der Waals surface area contributed by atoms with Crippen molar-refractivity contribution in [3.05, 3.63) is 61.2 Å². The van der Waals surface area contributed by atoms with Crippen molar-refractivity contribution in [3.63, 3.8) is 0 Å². The number of carbonyl (C=O) groups is 1. The summed E-state index contributed by atoms with van der Waals surface area (Å²) in [5.41, 5.74) is 5.41. The fourth-order valence-corrected chi connectivity index (χ4v) is 3.17. The van der Waals surface area contributed by atoms with Crippen LogP contribution >= 0.6 is 0 Å². The van der Waals surface area contributed by atoms with E-state index < -0.39 is 0 Å². The van der Waals surface area contributed by atoms with Crippen LogP contribution in [0.5, 0.6) is 0 Å². The number of nitrogens with zero attached hydrogens (tertiary/aromatic N) is 3. The molecule has 0 saturated carbocycles. The fourth-order valence-electron chi connectivity index (χ4n) is 3.17. The molecule has 1 amide bonds. The molecule has 2 N–H and O–H groups in total. The highest BCUT2D eigenvalue weighted by Crippen LogP contribution is 2.30. The number of anilines is 1. The molecule has 140 valence electrons. The minimum atomic E-state index is -0.00176. The van der Waals surface area contributed by atoms with Crippen LogP contribution < -0.4 is 5.32 Å². The molecule has 0 unspecified atom stereocenters. The van der Waals surface area contributed by atoms with Crippen molar-refractivity contribution in [2.24, 2.45) is 5.92 Å². The van der Waals surface area contributed by atoms with E-state index in [-0.39, 0.29) is 5.91 Å². The van der Waals surface area contributed by atoms with Crippen LogP contribution in [0.3, 0.4) is 0 Å². The van der Waals surface area contributed by atoms with Crippen LogP contribution in [0.4, 0.5) is 5.69 Å². The van der Waals surface area contributed by atoms with E-state index in [9.17, 15) is 4.79 Å². The molecule has 6 nitrogen and oxygen atoms in total. The van der Waals surface area contributed by atoms with Gasteiger partial charge in [-0.3, -0.25) is 19.9 Å². The Morgan fingerprint density at radius 3 is 2.68 bits per heavy atom.